The third-order valence-electron chi connectivity index (χ3n) is 5.06. The fourth-order valence-corrected chi connectivity index (χ4v) is 3.55. The van der Waals surface area contributed by atoms with Gasteiger partial charge in [0, 0.05) is 63.1 Å². The lowest BCUT2D eigenvalue weighted by molar-refractivity contribution is -0.138. The maximum absolute atomic E-state index is 13.9. The highest BCUT2D eigenvalue weighted by molar-refractivity contribution is 5.76. The van der Waals surface area contributed by atoms with Gasteiger partial charge in [0.1, 0.15) is 5.82 Å². The van der Waals surface area contributed by atoms with Gasteiger partial charge in [0.15, 0.2) is 0 Å². The van der Waals surface area contributed by atoms with Crippen LogP contribution >= 0.6 is 0 Å². The summed E-state index contributed by atoms with van der Waals surface area (Å²) in [4.78, 5) is 17.0. The van der Waals surface area contributed by atoms with Gasteiger partial charge in [-0.3, -0.25) is 14.4 Å². The molecule has 0 unspecified atom stereocenters. The molecule has 1 aromatic heterocycles. The zero-order valence-corrected chi connectivity index (χ0v) is 15.5. The predicted molar refractivity (Wildman–Crippen MR) is 98.9 cm³/mol. The minimum Gasteiger partial charge on any atom is -0.337 e. The molecular weight excluding hydrogens is 331 g/mol. The maximum atomic E-state index is 13.9. The van der Waals surface area contributed by atoms with Crippen LogP contribution in [0.3, 0.4) is 0 Å². The number of amides is 1. The molecule has 0 radical (unpaired) electrons. The van der Waals surface area contributed by atoms with Crippen LogP contribution in [0.5, 0.6) is 0 Å². The van der Waals surface area contributed by atoms with E-state index < -0.39 is 0 Å². The van der Waals surface area contributed by atoms with E-state index >= 15 is 0 Å². The first kappa shape index (κ1) is 18.6. The van der Waals surface area contributed by atoms with Gasteiger partial charge in [-0.25, -0.2) is 4.39 Å². The molecule has 5 nitrogen and oxygen atoms in total. The van der Waals surface area contributed by atoms with E-state index in [1.165, 1.54) is 6.07 Å². The van der Waals surface area contributed by atoms with Crippen molar-refractivity contribution in [2.75, 3.05) is 19.6 Å². The highest BCUT2D eigenvalue weighted by Gasteiger charge is 2.32. The van der Waals surface area contributed by atoms with Crippen molar-refractivity contribution in [3.05, 3.63) is 54.1 Å². The fourth-order valence-electron chi connectivity index (χ4n) is 3.55. The number of halogens is 1. The first-order chi connectivity index (χ1) is 12.5. The lowest BCUT2D eigenvalue weighted by Crippen LogP contribution is -2.56. The van der Waals surface area contributed by atoms with Crippen molar-refractivity contribution in [2.24, 2.45) is 5.92 Å². The first-order valence-electron chi connectivity index (χ1n) is 9.27. The third kappa shape index (κ3) is 4.49. The number of aromatic nitrogens is 2. The minimum absolute atomic E-state index is 0.153. The van der Waals surface area contributed by atoms with Crippen LogP contribution in [0, 0.1) is 11.7 Å². The van der Waals surface area contributed by atoms with Crippen molar-refractivity contribution in [1.29, 1.82) is 0 Å². The zero-order valence-electron chi connectivity index (χ0n) is 15.5. The molecular formula is C20H27FN4O. The second-order valence-electron chi connectivity index (χ2n) is 7.24. The van der Waals surface area contributed by atoms with Gasteiger partial charge in [-0.15, -0.1) is 0 Å². The standard InChI is InChI=1S/C20H27FN4O/c1-16(2)19-15-23(14-17-6-3-4-7-18(17)21)12-13-25(19)20(26)8-11-24-10-5-9-22-24/h3-7,9-10,16,19H,8,11-15H2,1-2H3/t19-/m1/s1. The Balaban J connectivity index is 1.60. The molecule has 1 aliphatic rings. The van der Waals surface area contributed by atoms with Gasteiger partial charge in [-0.05, 0) is 18.1 Å². The van der Waals surface area contributed by atoms with E-state index in [-0.39, 0.29) is 17.8 Å². The fraction of sp³-hybridized carbons (Fsp3) is 0.500. The monoisotopic (exact) mass is 358 g/mol. The van der Waals surface area contributed by atoms with Crippen molar-refractivity contribution < 1.29 is 9.18 Å². The number of carbonyl (C=O) groups is 1. The molecule has 1 fully saturated rings. The molecule has 26 heavy (non-hydrogen) atoms. The molecule has 140 valence electrons. The van der Waals surface area contributed by atoms with E-state index in [9.17, 15) is 9.18 Å². The van der Waals surface area contributed by atoms with Gasteiger partial charge >= 0.3 is 0 Å². The summed E-state index contributed by atoms with van der Waals surface area (Å²) in [5.74, 6) is 0.364. The number of benzene rings is 1. The van der Waals surface area contributed by atoms with E-state index in [0.717, 1.165) is 13.1 Å². The van der Waals surface area contributed by atoms with E-state index in [1.807, 2.05) is 29.3 Å². The second-order valence-corrected chi connectivity index (χ2v) is 7.24. The van der Waals surface area contributed by atoms with Crippen LogP contribution < -0.4 is 0 Å². The lowest BCUT2D eigenvalue weighted by atomic mass is 9.98. The van der Waals surface area contributed by atoms with Gasteiger partial charge in [0.25, 0.3) is 0 Å². The summed E-state index contributed by atoms with van der Waals surface area (Å²) in [5.41, 5.74) is 0.716. The summed E-state index contributed by atoms with van der Waals surface area (Å²) in [5, 5.41) is 4.16. The third-order valence-corrected chi connectivity index (χ3v) is 5.06. The number of rotatable bonds is 6. The first-order valence-corrected chi connectivity index (χ1v) is 9.27. The molecule has 0 spiro atoms. The summed E-state index contributed by atoms with van der Waals surface area (Å²) in [6.45, 7) is 7.72. The topological polar surface area (TPSA) is 41.4 Å². The van der Waals surface area contributed by atoms with Gasteiger partial charge in [-0.2, -0.15) is 5.10 Å². The minimum atomic E-state index is -0.161. The van der Waals surface area contributed by atoms with Crippen LogP contribution in [0.1, 0.15) is 25.8 Å². The van der Waals surface area contributed by atoms with Crippen molar-refractivity contribution >= 4 is 5.91 Å². The van der Waals surface area contributed by atoms with Crippen LogP contribution in [0.15, 0.2) is 42.7 Å². The molecule has 1 aliphatic heterocycles. The molecule has 1 amide bonds. The van der Waals surface area contributed by atoms with Crippen LogP contribution in [0.25, 0.3) is 0 Å². The molecule has 6 heteroatoms. The normalized spacial score (nSPS) is 18.5. The Morgan fingerprint density at radius 2 is 2.08 bits per heavy atom. The van der Waals surface area contributed by atoms with Gasteiger partial charge in [0.05, 0.1) is 0 Å². The number of piperazine rings is 1. The Morgan fingerprint density at radius 3 is 2.77 bits per heavy atom. The molecule has 0 bridgehead atoms. The van der Waals surface area contributed by atoms with Crippen molar-refractivity contribution in [2.45, 2.75) is 39.4 Å². The van der Waals surface area contributed by atoms with Crippen LogP contribution in [-0.2, 0) is 17.9 Å². The summed E-state index contributed by atoms with van der Waals surface area (Å²) < 4.78 is 15.7. The largest absolute Gasteiger partial charge is 0.337 e. The highest BCUT2D eigenvalue weighted by atomic mass is 19.1. The summed E-state index contributed by atoms with van der Waals surface area (Å²) >= 11 is 0. The average Bonchev–Trinajstić information content (AvgIpc) is 3.15. The van der Waals surface area contributed by atoms with E-state index in [1.54, 1.807) is 16.9 Å². The predicted octanol–water partition coefficient (Wildman–Crippen LogP) is 2.78. The SMILES string of the molecule is CC(C)[C@H]1CN(Cc2ccccc2F)CCN1C(=O)CCn1cccn1. The molecule has 1 atom stereocenters. The lowest BCUT2D eigenvalue weighted by Gasteiger charge is -2.43. The molecule has 1 aromatic carbocycles. The number of carbonyl (C=O) groups excluding carboxylic acids is 1. The quantitative estimate of drug-likeness (QED) is 0.797. The van der Waals surface area contributed by atoms with Crippen LogP contribution in [0.4, 0.5) is 4.39 Å². The van der Waals surface area contributed by atoms with Gasteiger partial charge < -0.3 is 4.90 Å². The van der Waals surface area contributed by atoms with Crippen LogP contribution in [0.2, 0.25) is 0 Å². The highest BCUT2D eigenvalue weighted by Crippen LogP contribution is 2.21. The molecule has 3 rings (SSSR count). The van der Waals surface area contributed by atoms with Crippen molar-refractivity contribution in [3.8, 4) is 0 Å². The molecule has 2 heterocycles. The summed E-state index contributed by atoms with van der Waals surface area (Å²) in [7, 11) is 0. The molecule has 1 saturated heterocycles. The Labute approximate surface area is 154 Å². The Kier molecular flexibility index (Phi) is 6.04. The molecule has 2 aromatic rings. The Bertz CT molecular complexity index is 716. The van der Waals surface area contributed by atoms with Gasteiger partial charge in [0.2, 0.25) is 5.91 Å². The maximum Gasteiger partial charge on any atom is 0.224 e. The molecule has 0 saturated carbocycles. The zero-order chi connectivity index (χ0) is 18.5. The number of hydrogen-bond donors (Lipinski definition) is 0. The van der Waals surface area contributed by atoms with E-state index in [2.05, 4.69) is 23.8 Å². The van der Waals surface area contributed by atoms with E-state index in [0.29, 0.717) is 37.5 Å². The Morgan fingerprint density at radius 1 is 1.27 bits per heavy atom. The van der Waals surface area contributed by atoms with Gasteiger partial charge in [-0.1, -0.05) is 32.0 Å². The molecule has 0 N–H and O–H groups in total. The second kappa shape index (κ2) is 8.45. The number of aryl methyl sites for hydroxylation is 1. The summed E-state index contributed by atoms with van der Waals surface area (Å²) in [6, 6.07) is 8.94. The number of hydrogen-bond acceptors (Lipinski definition) is 3. The Hall–Kier alpha value is -2.21. The molecule has 0 aliphatic carbocycles. The van der Waals surface area contributed by atoms with Crippen molar-refractivity contribution in [3.63, 3.8) is 0 Å². The average molecular weight is 358 g/mol. The smallest absolute Gasteiger partial charge is 0.224 e. The number of nitrogens with zero attached hydrogens (tertiary/aromatic N) is 4. The van der Waals surface area contributed by atoms with Crippen molar-refractivity contribution in [1.82, 2.24) is 19.6 Å². The summed E-state index contributed by atoms with van der Waals surface area (Å²) in [6.07, 6.45) is 4.06. The van der Waals surface area contributed by atoms with Crippen LogP contribution in [-0.4, -0.2) is 51.2 Å². The van der Waals surface area contributed by atoms with E-state index in [4.69, 9.17) is 0 Å².